The smallest absolute Gasteiger partial charge is 0.270 e. The van der Waals surface area contributed by atoms with Crippen LogP contribution in [0.5, 0.6) is 5.75 Å². The molecule has 130 valence electrons. The zero-order valence-corrected chi connectivity index (χ0v) is 14.5. The lowest BCUT2D eigenvalue weighted by molar-refractivity contribution is -0.384. The quantitative estimate of drug-likeness (QED) is 0.654. The van der Waals surface area contributed by atoms with Gasteiger partial charge in [-0.15, -0.1) is 0 Å². The van der Waals surface area contributed by atoms with Gasteiger partial charge >= 0.3 is 0 Å². The van der Waals surface area contributed by atoms with Gasteiger partial charge in [0.2, 0.25) is 0 Å². The molecule has 2 aromatic rings. The summed E-state index contributed by atoms with van der Waals surface area (Å²) in [6, 6.07) is 11.1. The number of hydrogen-bond donors (Lipinski definition) is 1. The molecule has 0 saturated heterocycles. The van der Waals surface area contributed by atoms with Crippen molar-refractivity contribution in [1.82, 2.24) is 5.32 Å². The second-order valence-corrected chi connectivity index (χ2v) is 6.96. The second-order valence-electron chi connectivity index (χ2n) is 6.55. The van der Waals surface area contributed by atoms with E-state index in [-0.39, 0.29) is 28.2 Å². The van der Waals surface area contributed by atoms with Gasteiger partial charge in [0.1, 0.15) is 11.4 Å². The van der Waals surface area contributed by atoms with Crippen LogP contribution in [0.25, 0.3) is 0 Å². The molecule has 6 nitrogen and oxygen atoms in total. The number of rotatable bonds is 3. The molecule has 1 amide bonds. The Morgan fingerprint density at radius 3 is 2.72 bits per heavy atom. The van der Waals surface area contributed by atoms with Gasteiger partial charge in [0.15, 0.2) is 0 Å². The summed E-state index contributed by atoms with van der Waals surface area (Å²) in [6.07, 6.45) is 0.598. The normalized spacial score (nSPS) is 18.0. The van der Waals surface area contributed by atoms with E-state index < -0.39 is 10.5 Å². The van der Waals surface area contributed by atoms with E-state index in [9.17, 15) is 14.9 Å². The van der Waals surface area contributed by atoms with E-state index in [0.29, 0.717) is 6.42 Å². The van der Waals surface area contributed by atoms with Gasteiger partial charge in [-0.05, 0) is 26.0 Å². The molecule has 1 heterocycles. The Morgan fingerprint density at radius 2 is 2.04 bits per heavy atom. The van der Waals surface area contributed by atoms with Crippen LogP contribution in [0.2, 0.25) is 5.02 Å². The highest BCUT2D eigenvalue weighted by Gasteiger charge is 2.34. The standard InChI is InChI=1S/C18H17ClN2O4/c1-18(2)10-15(13-5-3-4-6-16(13)25-18)20-17(22)12-8-7-11(21(23)24)9-14(12)19/h3-9,15H,10H2,1-2H3,(H,20,22)/t15-/m0/s1. The topological polar surface area (TPSA) is 81.5 Å². The van der Waals surface area contributed by atoms with Crippen LogP contribution in [0.1, 0.15) is 42.2 Å². The van der Waals surface area contributed by atoms with E-state index in [1.165, 1.54) is 18.2 Å². The maximum absolute atomic E-state index is 12.6. The van der Waals surface area contributed by atoms with Crippen molar-refractivity contribution >= 4 is 23.2 Å². The maximum Gasteiger partial charge on any atom is 0.270 e. The van der Waals surface area contributed by atoms with Crippen molar-refractivity contribution in [2.75, 3.05) is 0 Å². The average molecular weight is 361 g/mol. The summed E-state index contributed by atoms with van der Waals surface area (Å²) in [4.78, 5) is 22.9. The van der Waals surface area contributed by atoms with E-state index >= 15 is 0 Å². The fraction of sp³-hybridized carbons (Fsp3) is 0.278. The molecule has 0 unspecified atom stereocenters. The van der Waals surface area contributed by atoms with E-state index in [0.717, 1.165) is 11.3 Å². The van der Waals surface area contributed by atoms with E-state index in [2.05, 4.69) is 5.32 Å². The number of non-ortho nitro benzene ring substituents is 1. The number of halogens is 1. The minimum atomic E-state index is -0.551. The summed E-state index contributed by atoms with van der Waals surface area (Å²) in [5.41, 5.74) is 0.521. The number of nitrogens with zero attached hydrogens (tertiary/aromatic N) is 1. The first-order valence-corrected chi connectivity index (χ1v) is 8.17. The monoisotopic (exact) mass is 360 g/mol. The minimum Gasteiger partial charge on any atom is -0.487 e. The third-order valence-corrected chi connectivity index (χ3v) is 4.40. The summed E-state index contributed by atoms with van der Waals surface area (Å²) in [7, 11) is 0. The molecule has 0 bridgehead atoms. The number of carbonyl (C=O) groups is 1. The number of amides is 1. The second kappa shape index (κ2) is 6.37. The minimum absolute atomic E-state index is 0.0475. The fourth-order valence-corrected chi connectivity index (χ4v) is 3.23. The molecule has 3 rings (SSSR count). The number of para-hydroxylation sites is 1. The summed E-state index contributed by atoms with van der Waals surface area (Å²) in [5.74, 6) is 0.358. The van der Waals surface area contributed by atoms with Crippen molar-refractivity contribution in [1.29, 1.82) is 0 Å². The van der Waals surface area contributed by atoms with Crippen molar-refractivity contribution in [2.45, 2.75) is 31.9 Å². The Morgan fingerprint density at radius 1 is 1.32 bits per heavy atom. The molecule has 2 aromatic carbocycles. The summed E-state index contributed by atoms with van der Waals surface area (Å²) in [5, 5.41) is 13.8. The van der Waals surface area contributed by atoms with Crippen molar-refractivity contribution in [3.05, 3.63) is 68.7 Å². The number of hydrogen-bond acceptors (Lipinski definition) is 4. The molecule has 7 heteroatoms. The number of nitrogens with one attached hydrogen (secondary N) is 1. The Balaban J connectivity index is 1.87. The van der Waals surface area contributed by atoms with E-state index in [1.54, 1.807) is 0 Å². The molecule has 0 aromatic heterocycles. The third-order valence-electron chi connectivity index (χ3n) is 4.09. The lowest BCUT2D eigenvalue weighted by Crippen LogP contribution is -2.41. The molecular formula is C18H17ClN2O4. The molecule has 1 atom stereocenters. The predicted octanol–water partition coefficient (Wildman–Crippen LogP) is 4.28. The van der Waals surface area contributed by atoms with Gasteiger partial charge in [-0.1, -0.05) is 29.8 Å². The van der Waals surface area contributed by atoms with Crippen LogP contribution in [0.4, 0.5) is 5.69 Å². The van der Waals surface area contributed by atoms with Crippen molar-refractivity contribution < 1.29 is 14.5 Å². The van der Waals surface area contributed by atoms with Crippen LogP contribution in [0, 0.1) is 10.1 Å². The number of ether oxygens (including phenoxy) is 1. The summed E-state index contributed by atoms with van der Waals surface area (Å²) >= 11 is 6.05. The Labute approximate surface area is 149 Å². The molecule has 0 spiro atoms. The van der Waals surface area contributed by atoms with Gasteiger partial charge < -0.3 is 10.1 Å². The van der Waals surface area contributed by atoms with Crippen LogP contribution in [0.3, 0.4) is 0 Å². The highest BCUT2D eigenvalue weighted by molar-refractivity contribution is 6.34. The van der Waals surface area contributed by atoms with Crippen molar-refractivity contribution in [3.8, 4) is 5.75 Å². The van der Waals surface area contributed by atoms with E-state index in [4.69, 9.17) is 16.3 Å². The van der Waals surface area contributed by atoms with Gasteiger partial charge in [0.25, 0.3) is 11.6 Å². The zero-order valence-electron chi connectivity index (χ0n) is 13.8. The Kier molecular flexibility index (Phi) is 4.39. The van der Waals surface area contributed by atoms with Crippen molar-refractivity contribution in [2.24, 2.45) is 0 Å². The van der Waals surface area contributed by atoms with Crippen LogP contribution >= 0.6 is 11.6 Å². The largest absolute Gasteiger partial charge is 0.487 e. The molecule has 0 aliphatic carbocycles. The molecule has 1 aliphatic rings. The van der Waals surface area contributed by atoms with Gasteiger partial charge in [0.05, 0.1) is 21.6 Å². The number of nitro benzene ring substituents is 1. The van der Waals surface area contributed by atoms with Crippen LogP contribution in [-0.4, -0.2) is 16.4 Å². The molecule has 1 N–H and O–H groups in total. The zero-order chi connectivity index (χ0) is 18.2. The Hall–Kier alpha value is -2.60. The Bertz CT molecular complexity index is 851. The lowest BCUT2D eigenvalue weighted by atomic mass is 9.89. The van der Waals surface area contributed by atoms with Gasteiger partial charge in [-0.2, -0.15) is 0 Å². The van der Waals surface area contributed by atoms with Crippen molar-refractivity contribution in [3.63, 3.8) is 0 Å². The average Bonchev–Trinajstić information content (AvgIpc) is 2.53. The van der Waals surface area contributed by atoms with Gasteiger partial charge in [-0.3, -0.25) is 14.9 Å². The summed E-state index contributed by atoms with van der Waals surface area (Å²) < 4.78 is 5.95. The van der Waals surface area contributed by atoms with Gasteiger partial charge in [0, 0.05) is 24.1 Å². The highest BCUT2D eigenvalue weighted by atomic mass is 35.5. The first-order chi connectivity index (χ1) is 11.8. The van der Waals surface area contributed by atoms with Crippen LogP contribution in [0.15, 0.2) is 42.5 Å². The fourth-order valence-electron chi connectivity index (χ4n) is 2.97. The maximum atomic E-state index is 12.6. The molecule has 0 saturated carbocycles. The van der Waals surface area contributed by atoms with Crippen LogP contribution < -0.4 is 10.1 Å². The molecule has 1 aliphatic heterocycles. The SMILES string of the molecule is CC1(C)C[C@H](NC(=O)c2ccc([N+](=O)[O-])cc2Cl)c2ccccc2O1. The number of fused-ring (bicyclic) bond motifs is 1. The predicted molar refractivity (Wildman–Crippen MR) is 94.1 cm³/mol. The number of carbonyl (C=O) groups excluding carboxylic acids is 1. The van der Waals surface area contributed by atoms with Crippen LogP contribution in [-0.2, 0) is 0 Å². The lowest BCUT2D eigenvalue weighted by Gasteiger charge is -2.37. The molecule has 25 heavy (non-hydrogen) atoms. The number of benzene rings is 2. The molecular weight excluding hydrogens is 344 g/mol. The third kappa shape index (κ3) is 3.58. The highest BCUT2D eigenvalue weighted by Crippen LogP contribution is 2.39. The number of nitro groups is 1. The first-order valence-electron chi connectivity index (χ1n) is 7.79. The molecule has 0 radical (unpaired) electrons. The molecule has 0 fully saturated rings. The summed E-state index contributed by atoms with van der Waals surface area (Å²) in [6.45, 7) is 3.92. The van der Waals surface area contributed by atoms with E-state index in [1.807, 2.05) is 38.1 Å². The van der Waals surface area contributed by atoms with Gasteiger partial charge in [-0.25, -0.2) is 0 Å². The first kappa shape index (κ1) is 17.2.